The van der Waals surface area contributed by atoms with E-state index in [-0.39, 0.29) is 17.1 Å². The Morgan fingerprint density at radius 3 is 2.42 bits per heavy atom. The highest BCUT2D eigenvalue weighted by Gasteiger charge is 2.51. The SMILES string of the molecule is Cc1cc(C#N)cc(OC(N)=O)c1OCC1CN(c2ccc(C#N)c(C(F)(F)F)c2)C(C(F)(F)F)O1. The van der Waals surface area contributed by atoms with Crippen LogP contribution < -0.4 is 20.1 Å². The van der Waals surface area contributed by atoms with Crippen molar-refractivity contribution in [3.63, 3.8) is 0 Å². The highest BCUT2D eigenvalue weighted by Crippen LogP contribution is 2.40. The highest BCUT2D eigenvalue weighted by atomic mass is 19.4. The van der Waals surface area contributed by atoms with E-state index in [2.05, 4.69) is 0 Å². The van der Waals surface area contributed by atoms with Crippen molar-refractivity contribution in [1.82, 2.24) is 0 Å². The Balaban J connectivity index is 1.89. The second kappa shape index (κ2) is 9.83. The van der Waals surface area contributed by atoms with Gasteiger partial charge in [0.05, 0.1) is 35.4 Å². The molecule has 1 aliphatic rings. The Kier molecular flexibility index (Phi) is 7.22. The summed E-state index contributed by atoms with van der Waals surface area (Å²) < 4.78 is 96.4. The molecule has 190 valence electrons. The van der Waals surface area contributed by atoms with Crippen LogP contribution in [0.5, 0.6) is 11.5 Å². The zero-order valence-corrected chi connectivity index (χ0v) is 18.3. The molecule has 3 rings (SSSR count). The maximum atomic E-state index is 13.7. The van der Waals surface area contributed by atoms with Crippen LogP contribution in [0.2, 0.25) is 0 Å². The third-order valence-electron chi connectivity index (χ3n) is 5.04. The molecule has 0 aromatic heterocycles. The van der Waals surface area contributed by atoms with Gasteiger partial charge in [-0.25, -0.2) is 4.79 Å². The number of carbonyl (C=O) groups is 1. The van der Waals surface area contributed by atoms with Crippen molar-refractivity contribution >= 4 is 11.8 Å². The first-order valence-corrected chi connectivity index (χ1v) is 9.99. The maximum Gasteiger partial charge on any atom is 0.433 e. The second-order valence-corrected chi connectivity index (χ2v) is 7.61. The van der Waals surface area contributed by atoms with E-state index in [4.69, 9.17) is 30.5 Å². The minimum absolute atomic E-state index is 0.0869. The number of halogens is 6. The molecule has 0 saturated carbocycles. The molecule has 2 N–H and O–H groups in total. The molecule has 2 unspecified atom stereocenters. The van der Waals surface area contributed by atoms with E-state index in [0.717, 1.165) is 18.2 Å². The van der Waals surface area contributed by atoms with Crippen LogP contribution in [0, 0.1) is 29.6 Å². The summed E-state index contributed by atoms with van der Waals surface area (Å²) in [6.45, 7) is 0.446. The predicted octanol–water partition coefficient (Wildman–Crippen LogP) is 4.39. The predicted molar refractivity (Wildman–Crippen MR) is 110 cm³/mol. The minimum Gasteiger partial charge on any atom is -0.487 e. The lowest BCUT2D eigenvalue weighted by Crippen LogP contribution is -2.42. The van der Waals surface area contributed by atoms with Crippen LogP contribution in [-0.2, 0) is 10.9 Å². The summed E-state index contributed by atoms with van der Waals surface area (Å²) in [5.74, 6) is -0.334. The molecular weight excluding hydrogens is 498 g/mol. The number of ether oxygens (including phenoxy) is 3. The molecule has 0 bridgehead atoms. The highest BCUT2D eigenvalue weighted by molar-refractivity contribution is 5.70. The van der Waals surface area contributed by atoms with E-state index in [9.17, 15) is 31.1 Å². The third-order valence-corrected chi connectivity index (χ3v) is 5.04. The summed E-state index contributed by atoms with van der Waals surface area (Å²) in [4.78, 5) is 11.8. The Labute approximate surface area is 200 Å². The number of amides is 1. The largest absolute Gasteiger partial charge is 0.487 e. The second-order valence-electron chi connectivity index (χ2n) is 7.61. The number of hydrogen-bond donors (Lipinski definition) is 1. The van der Waals surface area contributed by atoms with Gasteiger partial charge < -0.3 is 24.8 Å². The van der Waals surface area contributed by atoms with Gasteiger partial charge in [0.1, 0.15) is 12.7 Å². The van der Waals surface area contributed by atoms with Gasteiger partial charge in [0.25, 0.3) is 0 Å². The van der Waals surface area contributed by atoms with Crippen molar-refractivity contribution in [1.29, 1.82) is 10.5 Å². The zero-order valence-electron chi connectivity index (χ0n) is 18.3. The number of hydrogen-bond acceptors (Lipinski definition) is 7. The number of alkyl halides is 6. The van der Waals surface area contributed by atoms with Crippen LogP contribution in [0.3, 0.4) is 0 Å². The molecule has 2 atom stereocenters. The summed E-state index contributed by atoms with van der Waals surface area (Å²) in [5.41, 5.74) is 2.82. The van der Waals surface area contributed by atoms with Crippen LogP contribution in [0.25, 0.3) is 0 Å². The van der Waals surface area contributed by atoms with E-state index < -0.39 is 60.7 Å². The van der Waals surface area contributed by atoms with Gasteiger partial charge in [-0.2, -0.15) is 36.9 Å². The van der Waals surface area contributed by atoms with E-state index in [1.807, 2.05) is 6.07 Å². The summed E-state index contributed by atoms with van der Waals surface area (Å²) in [6, 6.07) is 7.90. The van der Waals surface area contributed by atoms with Crippen LogP contribution >= 0.6 is 0 Å². The number of nitrogens with zero attached hydrogens (tertiary/aromatic N) is 3. The van der Waals surface area contributed by atoms with Gasteiger partial charge in [0.15, 0.2) is 11.5 Å². The van der Waals surface area contributed by atoms with Crippen LogP contribution in [0.15, 0.2) is 30.3 Å². The van der Waals surface area contributed by atoms with E-state index in [1.165, 1.54) is 19.1 Å². The molecule has 14 heteroatoms. The monoisotopic (exact) mass is 514 g/mol. The van der Waals surface area contributed by atoms with Gasteiger partial charge in [-0.3, -0.25) is 0 Å². The summed E-state index contributed by atoms with van der Waals surface area (Å²) >= 11 is 0. The number of nitriles is 2. The molecule has 1 saturated heterocycles. The van der Waals surface area contributed by atoms with E-state index >= 15 is 0 Å². The Morgan fingerprint density at radius 1 is 1.17 bits per heavy atom. The molecule has 36 heavy (non-hydrogen) atoms. The van der Waals surface area contributed by atoms with Gasteiger partial charge in [0, 0.05) is 11.8 Å². The molecule has 2 aromatic carbocycles. The molecule has 0 spiro atoms. The lowest BCUT2D eigenvalue weighted by molar-refractivity contribution is -0.215. The molecule has 0 radical (unpaired) electrons. The average molecular weight is 514 g/mol. The first-order chi connectivity index (χ1) is 16.7. The number of primary amides is 1. The van der Waals surface area contributed by atoms with Crippen molar-refractivity contribution in [2.45, 2.75) is 31.6 Å². The van der Waals surface area contributed by atoms with Crippen LogP contribution in [0.4, 0.5) is 36.8 Å². The number of benzene rings is 2. The minimum atomic E-state index is -4.98. The lowest BCUT2D eigenvalue weighted by atomic mass is 10.1. The van der Waals surface area contributed by atoms with Gasteiger partial charge in [-0.15, -0.1) is 0 Å². The summed E-state index contributed by atoms with van der Waals surface area (Å²) in [6.07, 6.45) is -15.1. The van der Waals surface area contributed by atoms with Crippen molar-refractivity contribution in [2.24, 2.45) is 5.73 Å². The standard InChI is InChI=1S/C22H16F6N4O4/c1-11-4-12(7-29)5-17(36-20(31)33)18(11)34-10-15-9-32(19(35-15)22(26,27)28)14-3-2-13(8-30)16(6-14)21(23,24)25/h2-6,15,19H,9-10H2,1H3,(H2,31,33). The van der Waals surface area contributed by atoms with Gasteiger partial charge in [-0.05, 0) is 36.8 Å². The lowest BCUT2D eigenvalue weighted by Gasteiger charge is -2.27. The molecule has 0 aliphatic carbocycles. The number of aryl methyl sites for hydroxylation is 1. The molecule has 1 aliphatic heterocycles. The molecule has 1 heterocycles. The van der Waals surface area contributed by atoms with E-state index in [1.54, 1.807) is 0 Å². The summed E-state index contributed by atoms with van der Waals surface area (Å²) in [7, 11) is 0. The molecule has 8 nitrogen and oxygen atoms in total. The number of anilines is 1. The van der Waals surface area contributed by atoms with E-state index in [0.29, 0.717) is 16.5 Å². The van der Waals surface area contributed by atoms with Crippen LogP contribution in [0.1, 0.15) is 22.3 Å². The van der Waals surface area contributed by atoms with Crippen molar-refractivity contribution in [2.75, 3.05) is 18.1 Å². The van der Waals surface area contributed by atoms with Gasteiger partial charge in [-0.1, -0.05) is 0 Å². The average Bonchev–Trinajstić information content (AvgIpc) is 3.22. The van der Waals surface area contributed by atoms with Gasteiger partial charge in [0.2, 0.25) is 6.23 Å². The Morgan fingerprint density at radius 2 is 1.86 bits per heavy atom. The maximum absolute atomic E-state index is 13.7. The normalized spacial score (nSPS) is 17.9. The molecular formula is C22H16F6N4O4. The molecule has 1 fully saturated rings. The fraction of sp³-hybridized carbons (Fsp3) is 0.318. The quantitative estimate of drug-likeness (QED) is 0.588. The van der Waals surface area contributed by atoms with Crippen molar-refractivity contribution in [3.8, 4) is 23.6 Å². The number of rotatable bonds is 5. The van der Waals surface area contributed by atoms with Crippen LogP contribution in [-0.4, -0.2) is 37.8 Å². The fourth-order valence-electron chi connectivity index (χ4n) is 3.60. The zero-order chi connectivity index (χ0) is 26.8. The Bertz CT molecular complexity index is 1250. The number of nitrogens with two attached hydrogens (primary N) is 1. The third kappa shape index (κ3) is 5.72. The first-order valence-electron chi connectivity index (χ1n) is 9.99. The molecule has 1 amide bonds. The molecule has 2 aromatic rings. The summed E-state index contributed by atoms with van der Waals surface area (Å²) in [5, 5.41) is 18.0. The fourth-order valence-corrected chi connectivity index (χ4v) is 3.60. The van der Waals surface area contributed by atoms with Gasteiger partial charge >= 0.3 is 18.4 Å². The number of carbonyl (C=O) groups excluding carboxylic acids is 1. The first kappa shape index (κ1) is 26.4. The van der Waals surface area contributed by atoms with Crippen molar-refractivity contribution in [3.05, 3.63) is 52.6 Å². The topological polar surface area (TPSA) is 122 Å². The Hall–Kier alpha value is -4.17. The van der Waals surface area contributed by atoms with Crippen molar-refractivity contribution < 1.29 is 45.3 Å². The smallest absolute Gasteiger partial charge is 0.433 e.